The van der Waals surface area contributed by atoms with Crippen molar-refractivity contribution in [3.63, 3.8) is 0 Å². The first-order valence-corrected chi connectivity index (χ1v) is 6.13. The lowest BCUT2D eigenvalue weighted by Crippen LogP contribution is -2.10. The quantitative estimate of drug-likeness (QED) is 0.711. The molecule has 90 valence electrons. The van der Waals surface area contributed by atoms with Gasteiger partial charge in [0.1, 0.15) is 0 Å². The molecule has 0 aliphatic rings. The highest BCUT2D eigenvalue weighted by Crippen LogP contribution is 2.15. The van der Waals surface area contributed by atoms with E-state index in [0.29, 0.717) is 0 Å². The molecule has 0 heterocycles. The zero-order chi connectivity index (χ0) is 11.8. The molecule has 1 aromatic carbocycles. The molecular formula is C14H23NO. The number of hydrogen-bond donors (Lipinski definition) is 1. The maximum absolute atomic E-state index is 5.50. The van der Waals surface area contributed by atoms with E-state index in [0.717, 1.165) is 26.2 Å². The molecule has 1 N–H and O–H groups in total. The van der Waals surface area contributed by atoms with Gasteiger partial charge in [0.05, 0.1) is 6.61 Å². The molecule has 2 nitrogen and oxygen atoms in total. The third-order valence-electron chi connectivity index (χ3n) is 2.59. The summed E-state index contributed by atoms with van der Waals surface area (Å²) in [5, 5.41) is 3.39. The number of rotatable bonds is 7. The van der Waals surface area contributed by atoms with Crippen LogP contribution >= 0.6 is 0 Å². The fourth-order valence-electron chi connectivity index (χ4n) is 1.62. The van der Waals surface area contributed by atoms with Crippen molar-refractivity contribution in [2.24, 2.45) is 0 Å². The predicted octanol–water partition coefficient (Wildman–Crippen LogP) is 3.53. The van der Waals surface area contributed by atoms with Gasteiger partial charge in [0.15, 0.2) is 0 Å². The molecule has 0 radical (unpaired) electrons. The summed E-state index contributed by atoms with van der Waals surface area (Å²) in [5.41, 5.74) is 3.82. The molecule has 0 fully saturated rings. The maximum atomic E-state index is 5.50. The van der Waals surface area contributed by atoms with Crippen LogP contribution in [0.25, 0.3) is 0 Å². The first-order valence-electron chi connectivity index (χ1n) is 6.13. The summed E-state index contributed by atoms with van der Waals surface area (Å²) in [5.74, 6) is 0. The van der Waals surface area contributed by atoms with E-state index in [1.165, 1.54) is 23.2 Å². The van der Waals surface area contributed by atoms with E-state index in [4.69, 9.17) is 4.74 Å². The van der Waals surface area contributed by atoms with E-state index >= 15 is 0 Å². The highest BCUT2D eigenvalue weighted by molar-refractivity contribution is 5.51. The first kappa shape index (κ1) is 13.0. The number of aryl methyl sites for hydroxylation is 2. The first-order chi connectivity index (χ1) is 7.74. The summed E-state index contributed by atoms with van der Waals surface area (Å²) >= 11 is 0. The van der Waals surface area contributed by atoms with E-state index in [2.05, 4.69) is 44.3 Å². The second-order valence-electron chi connectivity index (χ2n) is 4.21. The highest BCUT2D eigenvalue weighted by Gasteiger charge is 1.97. The molecule has 0 spiro atoms. The minimum absolute atomic E-state index is 0.785. The van der Waals surface area contributed by atoms with Crippen LogP contribution in [-0.4, -0.2) is 19.8 Å². The van der Waals surface area contributed by atoms with Crippen molar-refractivity contribution in [1.29, 1.82) is 0 Å². The second kappa shape index (κ2) is 7.29. The Morgan fingerprint density at radius 3 is 2.69 bits per heavy atom. The molecule has 0 aliphatic carbocycles. The molecule has 0 atom stereocenters. The van der Waals surface area contributed by atoms with Crippen molar-refractivity contribution in [2.45, 2.75) is 33.6 Å². The lowest BCUT2D eigenvalue weighted by molar-refractivity contribution is 0.141. The normalized spacial score (nSPS) is 10.4. The monoisotopic (exact) mass is 221 g/mol. The van der Waals surface area contributed by atoms with Crippen LogP contribution in [0.15, 0.2) is 18.2 Å². The number of ether oxygens (including phenoxy) is 1. The number of hydrogen-bond acceptors (Lipinski definition) is 2. The van der Waals surface area contributed by atoms with Crippen molar-refractivity contribution in [1.82, 2.24) is 0 Å². The SMILES string of the molecule is CCCCOCCNc1ccc(C)cc1C. The largest absolute Gasteiger partial charge is 0.383 e. The Bertz CT molecular complexity index is 310. The fourth-order valence-corrected chi connectivity index (χ4v) is 1.62. The van der Waals surface area contributed by atoms with Gasteiger partial charge in [-0.3, -0.25) is 0 Å². The summed E-state index contributed by atoms with van der Waals surface area (Å²) in [4.78, 5) is 0. The van der Waals surface area contributed by atoms with Gasteiger partial charge in [0.25, 0.3) is 0 Å². The van der Waals surface area contributed by atoms with Gasteiger partial charge in [-0.15, -0.1) is 0 Å². The Balaban J connectivity index is 2.21. The number of nitrogens with one attached hydrogen (secondary N) is 1. The summed E-state index contributed by atoms with van der Waals surface area (Å²) < 4.78 is 5.50. The van der Waals surface area contributed by atoms with Gasteiger partial charge in [0, 0.05) is 18.8 Å². The van der Waals surface area contributed by atoms with Crippen LogP contribution in [-0.2, 0) is 4.74 Å². The lowest BCUT2D eigenvalue weighted by Gasteiger charge is -2.10. The van der Waals surface area contributed by atoms with Crippen molar-refractivity contribution < 1.29 is 4.74 Å². The zero-order valence-electron chi connectivity index (χ0n) is 10.7. The minimum atomic E-state index is 0.785. The third-order valence-corrected chi connectivity index (χ3v) is 2.59. The summed E-state index contributed by atoms with van der Waals surface area (Å²) in [6, 6.07) is 6.46. The van der Waals surface area contributed by atoms with Crippen LogP contribution in [0, 0.1) is 13.8 Å². The van der Waals surface area contributed by atoms with E-state index in [1.807, 2.05) is 0 Å². The van der Waals surface area contributed by atoms with E-state index in [9.17, 15) is 0 Å². The Kier molecular flexibility index (Phi) is 5.94. The Morgan fingerprint density at radius 1 is 1.19 bits per heavy atom. The van der Waals surface area contributed by atoms with Gasteiger partial charge in [-0.2, -0.15) is 0 Å². The van der Waals surface area contributed by atoms with E-state index < -0.39 is 0 Å². The molecule has 0 bridgehead atoms. The average molecular weight is 221 g/mol. The van der Waals surface area contributed by atoms with Crippen molar-refractivity contribution >= 4 is 5.69 Å². The van der Waals surface area contributed by atoms with Crippen molar-refractivity contribution in [2.75, 3.05) is 25.1 Å². The van der Waals surface area contributed by atoms with Gasteiger partial charge < -0.3 is 10.1 Å². The molecule has 0 amide bonds. The Labute approximate surface area is 99.0 Å². The topological polar surface area (TPSA) is 21.3 Å². The van der Waals surface area contributed by atoms with Gasteiger partial charge >= 0.3 is 0 Å². The molecule has 0 unspecified atom stereocenters. The minimum Gasteiger partial charge on any atom is -0.383 e. The van der Waals surface area contributed by atoms with Crippen LogP contribution in [0.4, 0.5) is 5.69 Å². The molecule has 1 aromatic rings. The second-order valence-corrected chi connectivity index (χ2v) is 4.21. The smallest absolute Gasteiger partial charge is 0.0639 e. The standard InChI is InChI=1S/C14H23NO/c1-4-5-9-16-10-8-15-14-7-6-12(2)11-13(14)3/h6-7,11,15H,4-5,8-10H2,1-3H3. The zero-order valence-corrected chi connectivity index (χ0v) is 10.7. The number of anilines is 1. The summed E-state index contributed by atoms with van der Waals surface area (Å²) in [6.45, 7) is 8.97. The molecule has 1 rings (SSSR count). The summed E-state index contributed by atoms with van der Waals surface area (Å²) in [6.07, 6.45) is 2.36. The van der Waals surface area contributed by atoms with Crippen LogP contribution in [0.1, 0.15) is 30.9 Å². The average Bonchev–Trinajstić information content (AvgIpc) is 2.26. The summed E-state index contributed by atoms with van der Waals surface area (Å²) in [7, 11) is 0. The third kappa shape index (κ3) is 4.67. The Hall–Kier alpha value is -1.02. The molecule has 0 saturated carbocycles. The molecule has 0 aromatic heterocycles. The van der Waals surface area contributed by atoms with Crippen molar-refractivity contribution in [3.05, 3.63) is 29.3 Å². The fraction of sp³-hybridized carbons (Fsp3) is 0.571. The molecule has 2 heteroatoms. The molecule has 0 aliphatic heterocycles. The van der Waals surface area contributed by atoms with Crippen LogP contribution in [0.3, 0.4) is 0 Å². The molecule has 0 saturated heterocycles. The maximum Gasteiger partial charge on any atom is 0.0639 e. The van der Waals surface area contributed by atoms with E-state index in [-0.39, 0.29) is 0 Å². The van der Waals surface area contributed by atoms with Gasteiger partial charge in [-0.1, -0.05) is 31.0 Å². The van der Waals surface area contributed by atoms with Gasteiger partial charge in [-0.05, 0) is 31.9 Å². The van der Waals surface area contributed by atoms with Gasteiger partial charge in [0.2, 0.25) is 0 Å². The van der Waals surface area contributed by atoms with Crippen LogP contribution in [0.2, 0.25) is 0 Å². The molecule has 16 heavy (non-hydrogen) atoms. The van der Waals surface area contributed by atoms with Crippen LogP contribution < -0.4 is 5.32 Å². The van der Waals surface area contributed by atoms with E-state index in [1.54, 1.807) is 0 Å². The Morgan fingerprint density at radius 2 is 2.00 bits per heavy atom. The number of benzene rings is 1. The highest BCUT2D eigenvalue weighted by atomic mass is 16.5. The number of unbranched alkanes of at least 4 members (excludes halogenated alkanes) is 1. The van der Waals surface area contributed by atoms with Crippen molar-refractivity contribution in [3.8, 4) is 0 Å². The van der Waals surface area contributed by atoms with Gasteiger partial charge in [-0.25, -0.2) is 0 Å². The molecular weight excluding hydrogens is 198 g/mol. The van der Waals surface area contributed by atoms with Crippen LogP contribution in [0.5, 0.6) is 0 Å². The predicted molar refractivity (Wildman–Crippen MR) is 70.1 cm³/mol. The lowest BCUT2D eigenvalue weighted by atomic mass is 10.1.